The summed E-state index contributed by atoms with van der Waals surface area (Å²) in [6.07, 6.45) is 0. The molecular formula is C13H19NO3. The molecule has 0 saturated carbocycles. The van der Waals surface area contributed by atoms with Crippen molar-refractivity contribution in [3.05, 3.63) is 29.3 Å². The topological polar surface area (TPSA) is 41.9 Å². The molecule has 0 amide bonds. The lowest BCUT2D eigenvalue weighted by Crippen LogP contribution is -2.35. The summed E-state index contributed by atoms with van der Waals surface area (Å²) in [5, 5.41) is 9.27. The zero-order valence-corrected chi connectivity index (χ0v) is 10.2. The van der Waals surface area contributed by atoms with Crippen LogP contribution in [0.5, 0.6) is 5.75 Å². The maximum atomic E-state index is 9.27. The molecule has 4 heteroatoms. The number of rotatable bonds is 4. The van der Waals surface area contributed by atoms with E-state index < -0.39 is 0 Å². The number of ether oxygens (including phenoxy) is 2. The maximum Gasteiger partial charge on any atom is 0.124 e. The lowest BCUT2D eigenvalue weighted by molar-refractivity contribution is 0.0341. The van der Waals surface area contributed by atoms with Crippen LogP contribution in [0, 0.1) is 0 Å². The Balaban J connectivity index is 2.05. The Kier molecular flexibility index (Phi) is 4.36. The Morgan fingerprint density at radius 2 is 2.12 bits per heavy atom. The van der Waals surface area contributed by atoms with Crippen molar-refractivity contribution in [3.8, 4) is 5.75 Å². The van der Waals surface area contributed by atoms with Gasteiger partial charge in [0.2, 0.25) is 0 Å². The van der Waals surface area contributed by atoms with Crippen molar-refractivity contribution in [3.63, 3.8) is 0 Å². The predicted octanol–water partition coefficient (Wildman–Crippen LogP) is 1.02. The van der Waals surface area contributed by atoms with Crippen LogP contribution in [0.2, 0.25) is 0 Å². The number of benzene rings is 1. The van der Waals surface area contributed by atoms with E-state index in [0.29, 0.717) is 0 Å². The van der Waals surface area contributed by atoms with E-state index in [0.717, 1.165) is 44.2 Å². The van der Waals surface area contributed by atoms with Crippen LogP contribution in [0.4, 0.5) is 0 Å². The number of hydrogen-bond acceptors (Lipinski definition) is 4. The van der Waals surface area contributed by atoms with Crippen molar-refractivity contribution in [2.75, 3.05) is 33.4 Å². The summed E-state index contributed by atoms with van der Waals surface area (Å²) in [7, 11) is 1.62. The van der Waals surface area contributed by atoms with Crippen LogP contribution in [0.3, 0.4) is 0 Å². The molecule has 1 saturated heterocycles. The van der Waals surface area contributed by atoms with Crippen LogP contribution in [0.1, 0.15) is 11.1 Å². The molecule has 2 rings (SSSR count). The van der Waals surface area contributed by atoms with Gasteiger partial charge in [0.25, 0.3) is 0 Å². The SMILES string of the molecule is COc1ccc(CN2CCOCC2)cc1CO. The third-order valence-corrected chi connectivity index (χ3v) is 3.03. The molecule has 0 unspecified atom stereocenters. The van der Waals surface area contributed by atoms with Gasteiger partial charge >= 0.3 is 0 Å². The Morgan fingerprint density at radius 1 is 1.35 bits per heavy atom. The molecule has 0 spiro atoms. The average molecular weight is 237 g/mol. The van der Waals surface area contributed by atoms with Gasteiger partial charge in [-0.3, -0.25) is 4.90 Å². The third kappa shape index (κ3) is 3.19. The van der Waals surface area contributed by atoms with E-state index >= 15 is 0 Å². The quantitative estimate of drug-likeness (QED) is 0.849. The maximum absolute atomic E-state index is 9.27. The second kappa shape index (κ2) is 6.00. The number of aliphatic hydroxyl groups excluding tert-OH is 1. The first-order valence-electron chi connectivity index (χ1n) is 5.90. The monoisotopic (exact) mass is 237 g/mol. The normalized spacial score (nSPS) is 17.1. The largest absolute Gasteiger partial charge is 0.496 e. The van der Waals surface area contributed by atoms with Gasteiger partial charge in [-0.15, -0.1) is 0 Å². The Labute approximate surface area is 102 Å². The molecule has 1 fully saturated rings. The minimum Gasteiger partial charge on any atom is -0.496 e. The van der Waals surface area contributed by atoms with E-state index in [1.54, 1.807) is 7.11 Å². The van der Waals surface area contributed by atoms with Crippen molar-refractivity contribution in [2.24, 2.45) is 0 Å². The van der Waals surface area contributed by atoms with Gasteiger partial charge in [0.15, 0.2) is 0 Å². The molecule has 4 nitrogen and oxygen atoms in total. The molecule has 1 aliphatic rings. The Hall–Kier alpha value is -1.10. The first kappa shape index (κ1) is 12.4. The van der Waals surface area contributed by atoms with E-state index in [9.17, 15) is 5.11 Å². The van der Waals surface area contributed by atoms with Crippen molar-refractivity contribution in [2.45, 2.75) is 13.2 Å². The summed E-state index contributed by atoms with van der Waals surface area (Å²) >= 11 is 0. The molecule has 1 aliphatic heterocycles. The van der Waals surface area contributed by atoms with Gasteiger partial charge in [-0.1, -0.05) is 6.07 Å². The van der Waals surface area contributed by atoms with E-state index in [4.69, 9.17) is 9.47 Å². The highest BCUT2D eigenvalue weighted by Crippen LogP contribution is 2.20. The van der Waals surface area contributed by atoms with Crippen LogP contribution >= 0.6 is 0 Å². The molecule has 0 radical (unpaired) electrons. The molecule has 1 aromatic rings. The molecule has 17 heavy (non-hydrogen) atoms. The van der Waals surface area contributed by atoms with Crippen LogP contribution in [-0.4, -0.2) is 43.4 Å². The molecule has 0 aromatic heterocycles. The summed E-state index contributed by atoms with van der Waals surface area (Å²) < 4.78 is 10.5. The molecule has 1 N–H and O–H groups in total. The standard InChI is InChI=1S/C13H19NO3/c1-16-13-3-2-11(8-12(13)10-15)9-14-4-6-17-7-5-14/h2-3,8,15H,4-7,9-10H2,1H3. The van der Waals surface area contributed by atoms with Gasteiger partial charge in [0, 0.05) is 25.2 Å². The van der Waals surface area contributed by atoms with E-state index in [-0.39, 0.29) is 6.61 Å². The molecular weight excluding hydrogens is 218 g/mol. The van der Waals surface area contributed by atoms with Crippen LogP contribution in [0.15, 0.2) is 18.2 Å². The molecule has 0 aliphatic carbocycles. The Bertz CT molecular complexity index is 362. The molecule has 1 heterocycles. The van der Waals surface area contributed by atoms with Crippen molar-refractivity contribution in [1.82, 2.24) is 4.90 Å². The molecule has 1 aromatic carbocycles. The highest BCUT2D eigenvalue weighted by atomic mass is 16.5. The van der Waals surface area contributed by atoms with Gasteiger partial charge < -0.3 is 14.6 Å². The minimum absolute atomic E-state index is 0.0140. The van der Waals surface area contributed by atoms with Crippen molar-refractivity contribution >= 4 is 0 Å². The second-order valence-corrected chi connectivity index (χ2v) is 4.19. The number of aliphatic hydroxyl groups is 1. The summed E-state index contributed by atoms with van der Waals surface area (Å²) in [4.78, 5) is 2.35. The summed E-state index contributed by atoms with van der Waals surface area (Å²) in [5.41, 5.74) is 2.05. The van der Waals surface area contributed by atoms with Gasteiger partial charge in [-0.2, -0.15) is 0 Å². The molecule has 0 atom stereocenters. The van der Waals surface area contributed by atoms with Crippen molar-refractivity contribution < 1.29 is 14.6 Å². The fourth-order valence-electron chi connectivity index (χ4n) is 2.07. The van der Waals surface area contributed by atoms with Crippen LogP contribution in [0.25, 0.3) is 0 Å². The molecule has 0 bridgehead atoms. The third-order valence-electron chi connectivity index (χ3n) is 3.03. The number of nitrogens with zero attached hydrogens (tertiary/aromatic N) is 1. The van der Waals surface area contributed by atoms with Gasteiger partial charge in [-0.05, 0) is 17.7 Å². The van der Waals surface area contributed by atoms with Gasteiger partial charge in [-0.25, -0.2) is 0 Å². The lowest BCUT2D eigenvalue weighted by atomic mass is 10.1. The number of methoxy groups -OCH3 is 1. The van der Waals surface area contributed by atoms with Crippen molar-refractivity contribution in [1.29, 1.82) is 0 Å². The number of hydrogen-bond donors (Lipinski definition) is 1. The van der Waals surface area contributed by atoms with Gasteiger partial charge in [0.05, 0.1) is 26.9 Å². The zero-order valence-electron chi connectivity index (χ0n) is 10.2. The minimum atomic E-state index is 0.0140. The van der Waals surface area contributed by atoms with E-state index in [1.165, 1.54) is 5.56 Å². The van der Waals surface area contributed by atoms with Gasteiger partial charge in [0.1, 0.15) is 5.75 Å². The number of morpholine rings is 1. The highest BCUT2D eigenvalue weighted by molar-refractivity contribution is 5.36. The van der Waals surface area contributed by atoms with Crippen LogP contribution < -0.4 is 4.74 Å². The summed E-state index contributed by atoms with van der Waals surface area (Å²) in [6.45, 7) is 4.48. The first-order chi connectivity index (χ1) is 8.33. The van der Waals surface area contributed by atoms with Crippen LogP contribution in [-0.2, 0) is 17.9 Å². The fourth-order valence-corrected chi connectivity index (χ4v) is 2.07. The fraction of sp³-hybridized carbons (Fsp3) is 0.538. The molecule has 94 valence electrons. The zero-order chi connectivity index (χ0) is 12.1. The van der Waals surface area contributed by atoms with E-state index in [2.05, 4.69) is 4.90 Å². The smallest absolute Gasteiger partial charge is 0.124 e. The summed E-state index contributed by atoms with van der Waals surface area (Å²) in [5.74, 6) is 0.748. The predicted molar refractivity (Wildman–Crippen MR) is 65.0 cm³/mol. The summed E-state index contributed by atoms with van der Waals surface area (Å²) in [6, 6.07) is 5.98. The first-order valence-corrected chi connectivity index (χ1v) is 5.90. The Morgan fingerprint density at radius 3 is 2.76 bits per heavy atom. The lowest BCUT2D eigenvalue weighted by Gasteiger charge is -2.26. The average Bonchev–Trinajstić information content (AvgIpc) is 2.40. The highest BCUT2D eigenvalue weighted by Gasteiger charge is 2.11. The second-order valence-electron chi connectivity index (χ2n) is 4.19. The van der Waals surface area contributed by atoms with E-state index in [1.807, 2.05) is 18.2 Å².